The van der Waals surface area contributed by atoms with Crippen LogP contribution in [0.2, 0.25) is 0 Å². The highest BCUT2D eigenvalue weighted by molar-refractivity contribution is 5.70. The maximum atomic E-state index is 12.9. The van der Waals surface area contributed by atoms with Gasteiger partial charge >= 0.3 is 6.18 Å². The van der Waals surface area contributed by atoms with Crippen molar-refractivity contribution < 1.29 is 13.2 Å². The van der Waals surface area contributed by atoms with Crippen LogP contribution in [0.25, 0.3) is 28.2 Å². The summed E-state index contributed by atoms with van der Waals surface area (Å²) in [7, 11) is 0. The highest BCUT2D eigenvalue weighted by Gasteiger charge is 2.30. The molecule has 1 heterocycles. The van der Waals surface area contributed by atoms with Gasteiger partial charge in [-0.2, -0.15) is 18.3 Å². The summed E-state index contributed by atoms with van der Waals surface area (Å²) >= 11 is 0. The predicted molar refractivity (Wildman–Crippen MR) is 99.4 cm³/mol. The topological polar surface area (TPSA) is 17.8 Å². The van der Waals surface area contributed by atoms with Gasteiger partial charge in [-0.25, -0.2) is 4.68 Å². The van der Waals surface area contributed by atoms with E-state index in [4.69, 9.17) is 0 Å². The Kier molecular flexibility index (Phi) is 4.28. The summed E-state index contributed by atoms with van der Waals surface area (Å²) in [4.78, 5) is 0. The minimum Gasteiger partial charge on any atom is -0.232 e. The molecule has 0 saturated carbocycles. The number of benzene rings is 3. The lowest BCUT2D eigenvalue weighted by Crippen LogP contribution is -2.05. The third-order valence-electron chi connectivity index (χ3n) is 4.29. The zero-order chi connectivity index (χ0) is 18.9. The van der Waals surface area contributed by atoms with E-state index in [2.05, 4.69) is 5.10 Å². The second kappa shape index (κ2) is 6.76. The molecule has 27 heavy (non-hydrogen) atoms. The lowest BCUT2D eigenvalue weighted by molar-refractivity contribution is -0.137. The van der Waals surface area contributed by atoms with E-state index in [0.29, 0.717) is 5.69 Å². The number of alkyl halides is 3. The molecule has 4 rings (SSSR count). The monoisotopic (exact) mass is 364 g/mol. The molecule has 0 unspecified atom stereocenters. The molecule has 0 aliphatic carbocycles. The fourth-order valence-electron chi connectivity index (χ4n) is 2.93. The first-order chi connectivity index (χ1) is 13.0. The van der Waals surface area contributed by atoms with Crippen molar-refractivity contribution in [3.8, 4) is 28.2 Å². The average molecular weight is 364 g/mol. The molecule has 0 aliphatic heterocycles. The van der Waals surface area contributed by atoms with Crippen molar-refractivity contribution in [1.82, 2.24) is 9.78 Å². The molecule has 0 radical (unpaired) electrons. The fourth-order valence-corrected chi connectivity index (χ4v) is 2.93. The van der Waals surface area contributed by atoms with Crippen LogP contribution in [-0.2, 0) is 6.18 Å². The number of halogens is 3. The minimum absolute atomic E-state index is 0.573. The Bertz CT molecular complexity index is 1030. The lowest BCUT2D eigenvalue weighted by Gasteiger charge is -2.10. The van der Waals surface area contributed by atoms with Crippen LogP contribution in [0.3, 0.4) is 0 Å². The summed E-state index contributed by atoms with van der Waals surface area (Å²) in [5.41, 5.74) is 3.35. The molecule has 5 heteroatoms. The Morgan fingerprint density at radius 3 is 1.78 bits per heavy atom. The number of aromatic nitrogens is 2. The van der Waals surface area contributed by atoms with Crippen LogP contribution in [0.5, 0.6) is 0 Å². The highest BCUT2D eigenvalue weighted by atomic mass is 19.4. The van der Waals surface area contributed by atoms with Crippen molar-refractivity contribution in [2.24, 2.45) is 0 Å². The van der Waals surface area contributed by atoms with Crippen molar-refractivity contribution in [3.63, 3.8) is 0 Å². The Balaban J connectivity index is 1.85. The first kappa shape index (κ1) is 17.1. The molecular weight excluding hydrogens is 349 g/mol. The van der Waals surface area contributed by atoms with Crippen LogP contribution in [-0.4, -0.2) is 9.78 Å². The van der Waals surface area contributed by atoms with Gasteiger partial charge in [0, 0.05) is 11.1 Å². The molecule has 0 spiro atoms. The molecule has 0 aliphatic rings. The summed E-state index contributed by atoms with van der Waals surface area (Å²) in [6, 6.07) is 26.3. The van der Waals surface area contributed by atoms with Gasteiger partial charge in [0.2, 0.25) is 0 Å². The first-order valence-electron chi connectivity index (χ1n) is 8.41. The van der Waals surface area contributed by atoms with Crippen molar-refractivity contribution in [1.29, 1.82) is 0 Å². The van der Waals surface area contributed by atoms with E-state index in [9.17, 15) is 13.2 Å². The van der Waals surface area contributed by atoms with E-state index in [1.807, 2.05) is 66.7 Å². The Hall–Kier alpha value is -3.34. The van der Waals surface area contributed by atoms with Gasteiger partial charge in [0.15, 0.2) is 0 Å². The minimum atomic E-state index is -4.36. The molecule has 134 valence electrons. The van der Waals surface area contributed by atoms with Crippen molar-refractivity contribution in [2.45, 2.75) is 6.18 Å². The van der Waals surface area contributed by atoms with Crippen LogP contribution in [0.4, 0.5) is 13.2 Å². The van der Waals surface area contributed by atoms with Crippen LogP contribution in [0.1, 0.15) is 5.56 Å². The van der Waals surface area contributed by atoms with E-state index < -0.39 is 11.7 Å². The van der Waals surface area contributed by atoms with Crippen molar-refractivity contribution in [2.75, 3.05) is 0 Å². The molecule has 0 N–H and O–H groups in total. The molecule has 0 bridgehead atoms. The van der Waals surface area contributed by atoms with Gasteiger partial charge < -0.3 is 0 Å². The Labute approximate surface area is 154 Å². The summed E-state index contributed by atoms with van der Waals surface area (Å²) in [5.74, 6) is 0. The Morgan fingerprint density at radius 2 is 1.22 bits per heavy atom. The van der Waals surface area contributed by atoms with Gasteiger partial charge in [-0.1, -0.05) is 60.7 Å². The third-order valence-corrected chi connectivity index (χ3v) is 4.29. The smallest absolute Gasteiger partial charge is 0.232 e. The van der Waals surface area contributed by atoms with Gasteiger partial charge in [0.05, 0.1) is 22.6 Å². The van der Waals surface area contributed by atoms with E-state index >= 15 is 0 Å². The van der Waals surface area contributed by atoms with E-state index in [0.717, 1.165) is 34.6 Å². The standard InChI is InChI=1S/C22H15F3N2/c23-22(24,25)18-11-13-19(14-12-18)27-21(17-9-5-2-6-10-17)15-20(26-27)16-7-3-1-4-8-16/h1-15H. The molecule has 3 aromatic carbocycles. The SMILES string of the molecule is FC(F)(F)c1ccc(-n2nc(-c3ccccc3)cc2-c2ccccc2)cc1. The van der Waals surface area contributed by atoms with Crippen LogP contribution in [0, 0.1) is 0 Å². The van der Waals surface area contributed by atoms with Gasteiger partial charge in [-0.05, 0) is 30.3 Å². The van der Waals surface area contributed by atoms with Crippen molar-refractivity contribution in [3.05, 3.63) is 96.6 Å². The molecule has 0 saturated heterocycles. The molecule has 0 fully saturated rings. The second-order valence-electron chi connectivity index (χ2n) is 6.10. The quantitative estimate of drug-likeness (QED) is 0.422. The zero-order valence-corrected chi connectivity index (χ0v) is 14.2. The van der Waals surface area contributed by atoms with Gasteiger partial charge in [-0.15, -0.1) is 0 Å². The maximum absolute atomic E-state index is 12.9. The fraction of sp³-hybridized carbons (Fsp3) is 0.0455. The number of hydrogen-bond acceptors (Lipinski definition) is 1. The Morgan fingerprint density at radius 1 is 0.667 bits per heavy atom. The summed E-state index contributed by atoms with van der Waals surface area (Å²) in [5, 5.41) is 4.65. The lowest BCUT2D eigenvalue weighted by atomic mass is 10.1. The molecule has 2 nitrogen and oxygen atoms in total. The number of nitrogens with zero attached hydrogens (tertiary/aromatic N) is 2. The number of hydrogen-bond donors (Lipinski definition) is 0. The third kappa shape index (κ3) is 3.49. The molecule has 1 aromatic heterocycles. The van der Waals surface area contributed by atoms with E-state index in [-0.39, 0.29) is 0 Å². The summed E-state index contributed by atoms with van der Waals surface area (Å²) in [6.45, 7) is 0. The van der Waals surface area contributed by atoms with Gasteiger partial charge in [0.1, 0.15) is 0 Å². The maximum Gasteiger partial charge on any atom is 0.416 e. The van der Waals surface area contributed by atoms with Crippen LogP contribution >= 0.6 is 0 Å². The largest absolute Gasteiger partial charge is 0.416 e. The summed E-state index contributed by atoms with van der Waals surface area (Å²) < 4.78 is 40.3. The van der Waals surface area contributed by atoms with Crippen LogP contribution in [0.15, 0.2) is 91.0 Å². The van der Waals surface area contributed by atoms with E-state index in [1.165, 1.54) is 12.1 Å². The van der Waals surface area contributed by atoms with Gasteiger partial charge in [-0.3, -0.25) is 0 Å². The molecule has 0 amide bonds. The normalized spacial score (nSPS) is 11.5. The first-order valence-corrected chi connectivity index (χ1v) is 8.41. The molecule has 0 atom stereocenters. The molecule has 4 aromatic rings. The van der Waals surface area contributed by atoms with Crippen LogP contribution < -0.4 is 0 Å². The average Bonchev–Trinajstić information content (AvgIpc) is 3.14. The van der Waals surface area contributed by atoms with Crippen molar-refractivity contribution >= 4 is 0 Å². The molecular formula is C22H15F3N2. The van der Waals surface area contributed by atoms with E-state index in [1.54, 1.807) is 4.68 Å². The second-order valence-corrected chi connectivity index (χ2v) is 6.10. The summed E-state index contributed by atoms with van der Waals surface area (Å²) in [6.07, 6.45) is -4.36. The zero-order valence-electron chi connectivity index (χ0n) is 14.2. The van der Waals surface area contributed by atoms with Gasteiger partial charge in [0.25, 0.3) is 0 Å². The number of rotatable bonds is 3. The highest BCUT2D eigenvalue weighted by Crippen LogP contribution is 2.32. The predicted octanol–water partition coefficient (Wildman–Crippen LogP) is 6.23.